The summed E-state index contributed by atoms with van der Waals surface area (Å²) in [5, 5.41) is 5.31. The van der Waals surface area contributed by atoms with Gasteiger partial charge in [-0.05, 0) is 43.0 Å². The second-order valence-electron chi connectivity index (χ2n) is 7.06. The second-order valence-corrected chi connectivity index (χ2v) is 8.01. The van der Waals surface area contributed by atoms with Crippen LogP contribution >= 0.6 is 11.3 Å². The van der Waals surface area contributed by atoms with E-state index in [1.807, 2.05) is 48.2 Å². The van der Waals surface area contributed by atoms with E-state index in [4.69, 9.17) is 0 Å². The molecular weight excluding hydrogens is 382 g/mol. The van der Waals surface area contributed by atoms with Gasteiger partial charge in [0.1, 0.15) is 5.82 Å². The van der Waals surface area contributed by atoms with Gasteiger partial charge in [0.25, 0.3) is 5.91 Å². The van der Waals surface area contributed by atoms with Crippen LogP contribution in [0.4, 0.5) is 11.8 Å². The van der Waals surface area contributed by atoms with E-state index in [1.54, 1.807) is 11.3 Å². The summed E-state index contributed by atoms with van der Waals surface area (Å²) >= 11 is 1.70. The smallest absolute Gasteiger partial charge is 0.253 e. The third-order valence-electron chi connectivity index (χ3n) is 4.99. The Hall–Kier alpha value is -2.93. The molecule has 6 nitrogen and oxygen atoms in total. The number of carbonyl (C=O) groups is 1. The number of benzene rings is 1. The molecule has 1 fully saturated rings. The lowest BCUT2D eigenvalue weighted by atomic mass is 10.1. The SMILES string of the molecule is CCNc1cc(C)nc(N2CCN(C(=O)c3ccc(-c4cccs4)cc3)CC2)n1. The van der Waals surface area contributed by atoms with Crippen LogP contribution in [0.3, 0.4) is 0 Å². The van der Waals surface area contributed by atoms with Gasteiger partial charge in [0.2, 0.25) is 5.95 Å². The van der Waals surface area contributed by atoms with Crippen molar-refractivity contribution in [3.8, 4) is 10.4 Å². The van der Waals surface area contributed by atoms with E-state index in [-0.39, 0.29) is 5.91 Å². The number of piperazine rings is 1. The molecule has 0 radical (unpaired) electrons. The highest BCUT2D eigenvalue weighted by atomic mass is 32.1. The Balaban J connectivity index is 1.40. The number of aromatic nitrogens is 2. The lowest BCUT2D eigenvalue weighted by Crippen LogP contribution is -2.49. The molecule has 1 N–H and O–H groups in total. The molecule has 1 saturated heterocycles. The molecule has 3 aromatic rings. The summed E-state index contributed by atoms with van der Waals surface area (Å²) in [5.74, 6) is 1.66. The maximum Gasteiger partial charge on any atom is 0.253 e. The number of aryl methyl sites for hydroxylation is 1. The van der Waals surface area contributed by atoms with Crippen molar-refractivity contribution in [3.05, 3.63) is 59.1 Å². The van der Waals surface area contributed by atoms with Crippen LogP contribution in [0.5, 0.6) is 0 Å². The van der Waals surface area contributed by atoms with Gasteiger partial charge in [0.15, 0.2) is 0 Å². The van der Waals surface area contributed by atoms with Crippen molar-refractivity contribution in [2.75, 3.05) is 42.9 Å². The summed E-state index contributed by atoms with van der Waals surface area (Å²) in [6.07, 6.45) is 0. The van der Waals surface area contributed by atoms with Gasteiger partial charge in [-0.2, -0.15) is 4.98 Å². The predicted octanol–water partition coefficient (Wildman–Crippen LogP) is 3.91. The molecule has 0 unspecified atom stereocenters. The van der Waals surface area contributed by atoms with E-state index in [0.29, 0.717) is 13.1 Å². The highest BCUT2D eigenvalue weighted by molar-refractivity contribution is 7.13. The van der Waals surface area contributed by atoms with E-state index in [0.717, 1.165) is 48.2 Å². The van der Waals surface area contributed by atoms with Crippen molar-refractivity contribution >= 4 is 29.0 Å². The lowest BCUT2D eigenvalue weighted by Gasteiger charge is -2.35. The number of rotatable bonds is 5. The first kappa shape index (κ1) is 19.4. The van der Waals surface area contributed by atoms with Crippen LogP contribution in [0.1, 0.15) is 23.0 Å². The normalized spacial score (nSPS) is 14.1. The number of nitrogens with one attached hydrogen (secondary N) is 1. The summed E-state index contributed by atoms with van der Waals surface area (Å²) < 4.78 is 0. The lowest BCUT2D eigenvalue weighted by molar-refractivity contribution is 0.0746. The molecule has 0 atom stereocenters. The van der Waals surface area contributed by atoms with Gasteiger partial charge >= 0.3 is 0 Å². The van der Waals surface area contributed by atoms with Crippen LogP contribution in [-0.2, 0) is 0 Å². The van der Waals surface area contributed by atoms with Gasteiger partial charge in [-0.1, -0.05) is 18.2 Å². The van der Waals surface area contributed by atoms with Gasteiger partial charge in [0, 0.05) is 54.9 Å². The molecule has 1 aliphatic heterocycles. The zero-order valence-electron chi connectivity index (χ0n) is 16.8. The first-order valence-corrected chi connectivity index (χ1v) is 10.8. The van der Waals surface area contributed by atoms with Crippen LogP contribution in [0.25, 0.3) is 10.4 Å². The number of hydrogen-bond acceptors (Lipinski definition) is 6. The summed E-state index contributed by atoms with van der Waals surface area (Å²) in [7, 11) is 0. The fourth-order valence-corrected chi connectivity index (χ4v) is 4.21. The average Bonchev–Trinajstić information content (AvgIpc) is 3.28. The van der Waals surface area contributed by atoms with Crippen molar-refractivity contribution < 1.29 is 4.79 Å². The number of nitrogens with zero attached hydrogens (tertiary/aromatic N) is 4. The predicted molar refractivity (Wildman–Crippen MR) is 119 cm³/mol. The first-order valence-electron chi connectivity index (χ1n) is 9.92. The van der Waals surface area contributed by atoms with E-state index < -0.39 is 0 Å². The van der Waals surface area contributed by atoms with E-state index in [2.05, 4.69) is 38.6 Å². The third kappa shape index (κ3) is 4.40. The van der Waals surface area contributed by atoms with Gasteiger partial charge in [0.05, 0.1) is 0 Å². The monoisotopic (exact) mass is 407 g/mol. The molecule has 0 bridgehead atoms. The van der Waals surface area contributed by atoms with Crippen molar-refractivity contribution in [1.82, 2.24) is 14.9 Å². The highest BCUT2D eigenvalue weighted by Gasteiger charge is 2.24. The second kappa shape index (κ2) is 8.61. The molecule has 29 heavy (non-hydrogen) atoms. The Morgan fingerprint density at radius 3 is 2.52 bits per heavy atom. The van der Waals surface area contributed by atoms with Crippen LogP contribution in [-0.4, -0.2) is 53.5 Å². The molecule has 1 aliphatic rings. The molecule has 150 valence electrons. The Labute approximate surface area is 175 Å². The standard InChI is InChI=1S/C22H25N5OS/c1-3-23-20-15-16(2)24-22(25-20)27-12-10-26(11-13-27)21(28)18-8-6-17(7-9-18)19-5-4-14-29-19/h4-9,14-15H,3,10-13H2,1-2H3,(H,23,24,25). The molecule has 4 rings (SSSR count). The summed E-state index contributed by atoms with van der Waals surface area (Å²) in [6.45, 7) is 7.64. The number of thiophene rings is 1. The number of carbonyl (C=O) groups excluding carboxylic acids is 1. The molecular formula is C22H25N5OS. The van der Waals surface area contributed by atoms with E-state index >= 15 is 0 Å². The van der Waals surface area contributed by atoms with Crippen molar-refractivity contribution in [2.24, 2.45) is 0 Å². The minimum Gasteiger partial charge on any atom is -0.370 e. The quantitative estimate of drug-likeness (QED) is 0.695. The Kier molecular flexibility index (Phi) is 5.76. The van der Waals surface area contributed by atoms with Gasteiger partial charge in [-0.3, -0.25) is 4.79 Å². The summed E-state index contributed by atoms with van der Waals surface area (Å²) in [6, 6.07) is 14.0. The van der Waals surface area contributed by atoms with Crippen LogP contribution in [0, 0.1) is 6.92 Å². The first-order chi connectivity index (χ1) is 14.1. The highest BCUT2D eigenvalue weighted by Crippen LogP contribution is 2.25. The molecule has 2 aromatic heterocycles. The molecule has 3 heterocycles. The fourth-order valence-electron chi connectivity index (χ4n) is 3.48. The molecule has 0 spiro atoms. The largest absolute Gasteiger partial charge is 0.370 e. The number of amides is 1. The number of anilines is 2. The molecule has 7 heteroatoms. The molecule has 1 amide bonds. The minimum absolute atomic E-state index is 0.0841. The average molecular weight is 408 g/mol. The number of hydrogen-bond donors (Lipinski definition) is 1. The Morgan fingerprint density at radius 1 is 1.10 bits per heavy atom. The van der Waals surface area contributed by atoms with Gasteiger partial charge < -0.3 is 15.1 Å². The summed E-state index contributed by atoms with van der Waals surface area (Å²) in [4.78, 5) is 27.4. The Morgan fingerprint density at radius 2 is 1.86 bits per heavy atom. The van der Waals surface area contributed by atoms with Gasteiger partial charge in [-0.15, -0.1) is 11.3 Å². The van der Waals surface area contributed by atoms with Crippen LogP contribution < -0.4 is 10.2 Å². The minimum atomic E-state index is 0.0841. The fraction of sp³-hybridized carbons (Fsp3) is 0.318. The molecule has 1 aromatic carbocycles. The van der Waals surface area contributed by atoms with Crippen molar-refractivity contribution in [1.29, 1.82) is 0 Å². The van der Waals surface area contributed by atoms with E-state index in [1.165, 1.54) is 4.88 Å². The zero-order chi connectivity index (χ0) is 20.2. The maximum atomic E-state index is 12.9. The molecule has 0 aliphatic carbocycles. The van der Waals surface area contributed by atoms with Crippen molar-refractivity contribution in [2.45, 2.75) is 13.8 Å². The van der Waals surface area contributed by atoms with Crippen LogP contribution in [0.2, 0.25) is 0 Å². The molecule has 0 saturated carbocycles. The topological polar surface area (TPSA) is 61.4 Å². The zero-order valence-corrected chi connectivity index (χ0v) is 17.6. The Bertz CT molecular complexity index is 963. The van der Waals surface area contributed by atoms with E-state index in [9.17, 15) is 4.79 Å². The maximum absolute atomic E-state index is 12.9. The third-order valence-corrected chi connectivity index (χ3v) is 5.91. The van der Waals surface area contributed by atoms with Gasteiger partial charge in [-0.25, -0.2) is 4.98 Å². The summed E-state index contributed by atoms with van der Waals surface area (Å²) in [5.41, 5.74) is 2.82. The van der Waals surface area contributed by atoms with Crippen molar-refractivity contribution in [3.63, 3.8) is 0 Å². The van der Waals surface area contributed by atoms with Crippen LogP contribution in [0.15, 0.2) is 47.8 Å².